The molecule has 0 radical (unpaired) electrons. The molecule has 3 fully saturated rings. The number of ether oxygens (including phenoxy) is 1. The Morgan fingerprint density at radius 2 is 1.54 bits per heavy atom. The Labute approximate surface area is 163 Å². The third-order valence-electron chi connectivity index (χ3n) is 6.60. The Morgan fingerprint density at radius 3 is 2.14 bits per heavy atom. The average Bonchev–Trinajstić information content (AvgIpc) is 3.37. The van der Waals surface area contributed by atoms with Crippen molar-refractivity contribution in [2.24, 2.45) is 23.7 Å². The summed E-state index contributed by atoms with van der Waals surface area (Å²) in [5.74, 6) is 0.298. The zero-order valence-electron chi connectivity index (χ0n) is 15.6. The molecule has 0 N–H and O–H groups in total. The molecular weight excluding hydrogens is 354 g/mol. The average molecular weight is 375 g/mol. The van der Waals surface area contributed by atoms with Gasteiger partial charge >= 0.3 is 5.97 Å². The first-order valence-electron chi connectivity index (χ1n) is 9.80. The molecule has 2 saturated carbocycles. The van der Waals surface area contributed by atoms with Crippen molar-refractivity contribution in [3.8, 4) is 5.75 Å². The van der Waals surface area contributed by atoms with Gasteiger partial charge in [0.1, 0.15) is 5.75 Å². The summed E-state index contributed by atoms with van der Waals surface area (Å²) in [6.45, 7) is 1.86. The lowest BCUT2D eigenvalue weighted by Gasteiger charge is -2.19. The number of carbonyl (C=O) groups is 3. The monoisotopic (exact) mass is 375 g/mol. The van der Waals surface area contributed by atoms with Gasteiger partial charge in [0.25, 0.3) is 0 Å². The van der Waals surface area contributed by atoms with Crippen LogP contribution in [0.25, 0.3) is 0 Å². The van der Waals surface area contributed by atoms with Gasteiger partial charge in [0, 0.05) is 0 Å². The van der Waals surface area contributed by atoms with E-state index in [4.69, 9.17) is 4.74 Å². The summed E-state index contributed by atoms with van der Waals surface area (Å²) in [7, 11) is 0. The molecule has 2 aromatic rings. The van der Waals surface area contributed by atoms with E-state index in [9.17, 15) is 14.4 Å². The molecule has 4 atom stereocenters. The second-order valence-electron chi connectivity index (χ2n) is 8.10. The quantitative estimate of drug-likeness (QED) is 0.466. The number of aryl methyl sites for hydroxylation is 1. The second-order valence-corrected chi connectivity index (χ2v) is 8.10. The number of fused-ring (bicyclic) bond motifs is 5. The normalized spacial score (nSPS) is 28.0. The van der Waals surface area contributed by atoms with Crippen LogP contribution in [0.4, 0.5) is 5.69 Å². The van der Waals surface area contributed by atoms with Gasteiger partial charge in [0.05, 0.1) is 23.1 Å². The molecule has 28 heavy (non-hydrogen) atoms. The molecule has 1 saturated heterocycles. The molecule has 0 aromatic heterocycles. The Balaban J connectivity index is 1.35. The highest BCUT2D eigenvalue weighted by Gasteiger charge is 2.61. The number of rotatable bonds is 3. The molecule has 142 valence electrons. The Hall–Kier alpha value is -2.95. The van der Waals surface area contributed by atoms with Crippen LogP contribution in [-0.4, -0.2) is 17.8 Å². The van der Waals surface area contributed by atoms with Gasteiger partial charge in [0.2, 0.25) is 11.8 Å². The highest BCUT2D eigenvalue weighted by atomic mass is 16.5. The fraction of sp³-hybridized carbons (Fsp3) is 0.348. The van der Waals surface area contributed by atoms with Crippen LogP contribution in [0.3, 0.4) is 0 Å². The van der Waals surface area contributed by atoms with Crippen molar-refractivity contribution in [1.29, 1.82) is 0 Å². The molecule has 1 aliphatic heterocycles. The molecule has 2 amide bonds. The molecule has 2 aromatic carbocycles. The van der Waals surface area contributed by atoms with Gasteiger partial charge in [-0.2, -0.15) is 0 Å². The maximum Gasteiger partial charge on any atom is 0.343 e. The first-order valence-corrected chi connectivity index (χ1v) is 9.80. The molecule has 4 unspecified atom stereocenters. The highest BCUT2D eigenvalue weighted by Crippen LogP contribution is 2.56. The molecule has 2 aliphatic carbocycles. The summed E-state index contributed by atoms with van der Waals surface area (Å²) in [4.78, 5) is 39.5. The van der Waals surface area contributed by atoms with Crippen LogP contribution in [0.5, 0.6) is 5.75 Å². The number of hydrogen-bond donors (Lipinski definition) is 0. The van der Waals surface area contributed by atoms with Crippen LogP contribution in [0.1, 0.15) is 35.2 Å². The van der Waals surface area contributed by atoms with Gasteiger partial charge in [-0.15, -0.1) is 0 Å². The van der Waals surface area contributed by atoms with E-state index in [0.29, 0.717) is 28.8 Å². The molecule has 5 rings (SSSR count). The third kappa shape index (κ3) is 2.49. The summed E-state index contributed by atoms with van der Waals surface area (Å²) >= 11 is 0. The number of anilines is 1. The summed E-state index contributed by atoms with van der Waals surface area (Å²) in [6.07, 6.45) is 3.15. The summed E-state index contributed by atoms with van der Waals surface area (Å²) < 4.78 is 5.44. The highest BCUT2D eigenvalue weighted by molar-refractivity contribution is 6.22. The Bertz CT molecular complexity index is 952. The standard InChI is InChI=1S/C23H21NO4/c1-13-4-2-3-5-18(13)23(27)28-17-10-8-16(9-11-17)24-21(25)19-14-6-7-15(12-14)20(19)22(24)26/h2-5,8-11,14-15,19-20H,6-7,12H2,1H3. The van der Waals surface area contributed by atoms with E-state index in [1.807, 2.05) is 19.1 Å². The van der Waals surface area contributed by atoms with Gasteiger partial charge in [-0.1, -0.05) is 18.2 Å². The maximum atomic E-state index is 12.9. The fourth-order valence-corrected chi connectivity index (χ4v) is 5.29. The third-order valence-corrected chi connectivity index (χ3v) is 6.60. The first kappa shape index (κ1) is 17.2. The zero-order valence-corrected chi connectivity index (χ0v) is 15.6. The van der Waals surface area contributed by atoms with Crippen LogP contribution >= 0.6 is 0 Å². The van der Waals surface area contributed by atoms with Crippen molar-refractivity contribution in [3.05, 3.63) is 59.7 Å². The fourth-order valence-electron chi connectivity index (χ4n) is 5.29. The van der Waals surface area contributed by atoms with Gasteiger partial charge < -0.3 is 4.74 Å². The largest absolute Gasteiger partial charge is 0.423 e. The second kappa shape index (κ2) is 6.30. The summed E-state index contributed by atoms with van der Waals surface area (Å²) in [5, 5.41) is 0. The zero-order chi connectivity index (χ0) is 19.4. The van der Waals surface area contributed by atoms with Gasteiger partial charge in [-0.05, 0) is 73.9 Å². The minimum absolute atomic E-state index is 0.0631. The van der Waals surface area contributed by atoms with Crippen LogP contribution in [0, 0.1) is 30.6 Å². The first-order chi connectivity index (χ1) is 13.5. The topological polar surface area (TPSA) is 63.7 Å². The lowest BCUT2D eigenvalue weighted by Crippen LogP contribution is -2.32. The maximum absolute atomic E-state index is 12.9. The molecule has 1 heterocycles. The number of benzene rings is 2. The molecule has 2 bridgehead atoms. The van der Waals surface area contributed by atoms with Crippen LogP contribution in [0.15, 0.2) is 48.5 Å². The molecule has 5 nitrogen and oxygen atoms in total. The van der Waals surface area contributed by atoms with E-state index >= 15 is 0 Å². The van der Waals surface area contributed by atoms with Gasteiger partial charge in [-0.25, -0.2) is 4.79 Å². The minimum atomic E-state index is -0.426. The van der Waals surface area contributed by atoms with Gasteiger partial charge in [0.15, 0.2) is 0 Å². The van der Waals surface area contributed by atoms with Crippen molar-refractivity contribution in [1.82, 2.24) is 0 Å². The van der Waals surface area contributed by atoms with Crippen LogP contribution < -0.4 is 9.64 Å². The van der Waals surface area contributed by atoms with Crippen molar-refractivity contribution in [3.63, 3.8) is 0 Å². The lowest BCUT2D eigenvalue weighted by atomic mass is 9.81. The van der Waals surface area contributed by atoms with Crippen LogP contribution in [0.2, 0.25) is 0 Å². The lowest BCUT2D eigenvalue weighted by molar-refractivity contribution is -0.123. The van der Waals surface area contributed by atoms with E-state index in [1.165, 1.54) is 4.90 Å². The summed E-state index contributed by atoms with van der Waals surface area (Å²) in [5.41, 5.74) is 1.91. The molecule has 5 heteroatoms. The van der Waals surface area contributed by atoms with E-state index in [2.05, 4.69) is 0 Å². The van der Waals surface area contributed by atoms with Crippen molar-refractivity contribution in [2.75, 3.05) is 4.90 Å². The smallest absolute Gasteiger partial charge is 0.343 e. The number of hydrogen-bond acceptors (Lipinski definition) is 4. The van der Waals surface area contributed by atoms with E-state index in [0.717, 1.165) is 24.8 Å². The van der Waals surface area contributed by atoms with E-state index in [-0.39, 0.29) is 23.7 Å². The number of esters is 1. The number of amides is 2. The number of carbonyl (C=O) groups excluding carboxylic acids is 3. The molecular formula is C23H21NO4. The molecule has 3 aliphatic rings. The van der Waals surface area contributed by atoms with Crippen molar-refractivity contribution < 1.29 is 19.1 Å². The predicted octanol–water partition coefficient (Wildman–Crippen LogP) is 3.75. The van der Waals surface area contributed by atoms with E-state index < -0.39 is 5.97 Å². The number of nitrogens with zero attached hydrogens (tertiary/aromatic N) is 1. The molecule has 0 spiro atoms. The SMILES string of the molecule is Cc1ccccc1C(=O)Oc1ccc(N2C(=O)C3C4CCC(C4)C3C2=O)cc1. The van der Waals surface area contributed by atoms with Crippen molar-refractivity contribution >= 4 is 23.5 Å². The Morgan fingerprint density at radius 1 is 0.929 bits per heavy atom. The van der Waals surface area contributed by atoms with Gasteiger partial charge in [-0.3, -0.25) is 14.5 Å². The predicted molar refractivity (Wildman–Crippen MR) is 103 cm³/mol. The summed E-state index contributed by atoms with van der Waals surface area (Å²) in [6, 6.07) is 13.9. The Kier molecular flexibility index (Phi) is 3.86. The van der Waals surface area contributed by atoms with E-state index in [1.54, 1.807) is 36.4 Å². The van der Waals surface area contributed by atoms with Crippen molar-refractivity contribution in [2.45, 2.75) is 26.2 Å². The van der Waals surface area contributed by atoms with Crippen LogP contribution in [-0.2, 0) is 9.59 Å². The number of imide groups is 1. The minimum Gasteiger partial charge on any atom is -0.423 e.